The van der Waals surface area contributed by atoms with Crippen LogP contribution in [0.1, 0.15) is 19.8 Å². The van der Waals surface area contributed by atoms with Gasteiger partial charge in [0, 0.05) is 29.7 Å². The number of hydrogen-bond acceptors (Lipinski definition) is 4. The number of carbonyl (C=O) groups excluding carboxylic acids is 1. The molecule has 0 atom stereocenters. The topological polar surface area (TPSA) is 75.7 Å². The van der Waals surface area contributed by atoms with Gasteiger partial charge < -0.3 is 10.1 Å². The van der Waals surface area contributed by atoms with Gasteiger partial charge in [-0.15, -0.1) is 0 Å². The number of sulfonamides is 1. The van der Waals surface area contributed by atoms with Crippen molar-refractivity contribution in [1.82, 2.24) is 4.31 Å². The second-order valence-corrected chi connectivity index (χ2v) is 9.57. The Kier molecular flexibility index (Phi) is 7.23. The van der Waals surface area contributed by atoms with Crippen LogP contribution in [0.15, 0.2) is 41.3 Å². The molecule has 2 aromatic rings. The molecule has 6 nitrogen and oxygen atoms in total. The molecule has 0 bridgehead atoms. The van der Waals surface area contributed by atoms with Crippen LogP contribution in [0.3, 0.4) is 0 Å². The number of ether oxygens (including phenoxy) is 1. The van der Waals surface area contributed by atoms with Crippen LogP contribution in [0, 0.1) is 11.7 Å². The molecule has 3 rings (SSSR count). The summed E-state index contributed by atoms with van der Waals surface area (Å²) in [4.78, 5) is 12.5. The maximum atomic E-state index is 13.3. The van der Waals surface area contributed by atoms with Crippen LogP contribution in [0.2, 0.25) is 10.0 Å². The average molecular weight is 475 g/mol. The number of rotatable bonds is 6. The van der Waals surface area contributed by atoms with Crippen molar-refractivity contribution in [2.45, 2.75) is 24.7 Å². The van der Waals surface area contributed by atoms with E-state index in [1.165, 1.54) is 34.6 Å². The number of nitrogens with one attached hydrogen (secondary N) is 1. The summed E-state index contributed by atoms with van der Waals surface area (Å²) in [6, 6.07) is 8.42. The fourth-order valence-corrected chi connectivity index (χ4v) is 5.32. The van der Waals surface area contributed by atoms with Crippen molar-refractivity contribution in [2.24, 2.45) is 5.92 Å². The zero-order valence-corrected chi connectivity index (χ0v) is 18.5. The van der Waals surface area contributed by atoms with Crippen molar-refractivity contribution < 1.29 is 22.3 Å². The molecule has 0 aromatic heterocycles. The Balaban J connectivity index is 1.68. The molecule has 1 heterocycles. The quantitative estimate of drug-likeness (QED) is 0.664. The summed E-state index contributed by atoms with van der Waals surface area (Å²) in [5.41, 5.74) is 0.390. The Morgan fingerprint density at radius 3 is 2.53 bits per heavy atom. The molecule has 0 saturated carbocycles. The van der Waals surface area contributed by atoms with E-state index in [-0.39, 0.29) is 40.6 Å². The molecule has 2 aromatic carbocycles. The largest absolute Gasteiger partial charge is 0.492 e. The number of nitrogens with zero attached hydrogens (tertiary/aromatic N) is 1. The number of hydrogen-bond donors (Lipinski definition) is 1. The summed E-state index contributed by atoms with van der Waals surface area (Å²) >= 11 is 11.7. The summed E-state index contributed by atoms with van der Waals surface area (Å²) in [7, 11) is -3.82. The van der Waals surface area contributed by atoms with Crippen LogP contribution >= 0.6 is 23.2 Å². The number of anilines is 1. The molecule has 0 radical (unpaired) electrons. The summed E-state index contributed by atoms with van der Waals surface area (Å²) in [5, 5.41) is 2.92. The first-order valence-corrected chi connectivity index (χ1v) is 11.6. The first-order chi connectivity index (χ1) is 14.2. The molecule has 1 saturated heterocycles. The molecular weight excluding hydrogens is 454 g/mol. The normalized spacial score (nSPS) is 15.7. The highest BCUT2D eigenvalue weighted by Gasteiger charge is 2.34. The van der Waals surface area contributed by atoms with Gasteiger partial charge in [-0.3, -0.25) is 4.79 Å². The van der Waals surface area contributed by atoms with E-state index in [4.69, 9.17) is 27.9 Å². The molecule has 1 fully saturated rings. The van der Waals surface area contributed by atoms with Crippen molar-refractivity contribution >= 4 is 44.8 Å². The van der Waals surface area contributed by atoms with Crippen molar-refractivity contribution in [2.75, 3.05) is 25.0 Å². The van der Waals surface area contributed by atoms with Gasteiger partial charge in [0.2, 0.25) is 15.9 Å². The molecule has 1 aliphatic heterocycles. The van der Waals surface area contributed by atoms with Crippen LogP contribution < -0.4 is 10.1 Å². The number of halogens is 3. The lowest BCUT2D eigenvalue weighted by Crippen LogP contribution is -2.41. The average Bonchev–Trinajstić information content (AvgIpc) is 2.72. The van der Waals surface area contributed by atoms with E-state index in [1.54, 1.807) is 13.0 Å². The zero-order valence-electron chi connectivity index (χ0n) is 16.2. The van der Waals surface area contributed by atoms with Crippen LogP contribution in [0.25, 0.3) is 0 Å². The summed E-state index contributed by atoms with van der Waals surface area (Å²) in [5.74, 6) is -0.950. The summed E-state index contributed by atoms with van der Waals surface area (Å²) in [6.45, 7) is 2.45. The standard InChI is InChI=1S/C20H21Cl2FN2O4S/c1-2-29-18-6-3-14(21)11-19(18)30(27,28)25-9-7-13(8-10-25)20(26)24-15-4-5-17(23)16(22)12-15/h3-6,11-13H,2,7-10H2,1H3,(H,24,26). The molecule has 0 aliphatic carbocycles. The Hall–Kier alpha value is -1.87. The fourth-order valence-electron chi connectivity index (χ4n) is 3.27. The van der Waals surface area contributed by atoms with Crippen LogP contribution in [-0.2, 0) is 14.8 Å². The minimum absolute atomic E-state index is 0.0145. The minimum Gasteiger partial charge on any atom is -0.492 e. The van der Waals surface area contributed by atoms with Crippen molar-refractivity contribution in [3.05, 3.63) is 52.3 Å². The third kappa shape index (κ3) is 5.06. The summed E-state index contributed by atoms with van der Waals surface area (Å²) < 4.78 is 46.3. The Labute approximate surface area is 185 Å². The number of piperidine rings is 1. The van der Waals surface area contributed by atoms with E-state index in [0.29, 0.717) is 30.2 Å². The van der Waals surface area contributed by atoms with E-state index in [1.807, 2.05) is 0 Å². The third-order valence-corrected chi connectivity index (χ3v) is 7.28. The first kappa shape index (κ1) is 22.8. The zero-order chi connectivity index (χ0) is 21.9. The van der Waals surface area contributed by atoms with Gasteiger partial charge in [0.25, 0.3) is 0 Å². The Morgan fingerprint density at radius 2 is 1.90 bits per heavy atom. The van der Waals surface area contributed by atoms with E-state index in [9.17, 15) is 17.6 Å². The van der Waals surface area contributed by atoms with Gasteiger partial charge in [-0.2, -0.15) is 4.31 Å². The van der Waals surface area contributed by atoms with Gasteiger partial charge in [0.15, 0.2) is 0 Å². The predicted octanol–water partition coefficient (Wildman–Crippen LogP) is 4.57. The Morgan fingerprint density at radius 1 is 1.20 bits per heavy atom. The molecule has 0 spiro atoms. The van der Waals surface area contributed by atoms with E-state index in [0.717, 1.165) is 0 Å². The highest BCUT2D eigenvalue weighted by Crippen LogP contribution is 2.32. The van der Waals surface area contributed by atoms with Gasteiger partial charge in [-0.05, 0) is 56.2 Å². The lowest BCUT2D eigenvalue weighted by molar-refractivity contribution is -0.120. The lowest BCUT2D eigenvalue weighted by atomic mass is 9.97. The highest BCUT2D eigenvalue weighted by atomic mass is 35.5. The van der Waals surface area contributed by atoms with Gasteiger partial charge in [-0.1, -0.05) is 23.2 Å². The van der Waals surface area contributed by atoms with Crippen molar-refractivity contribution in [3.8, 4) is 5.75 Å². The van der Waals surface area contributed by atoms with Crippen LogP contribution in [0.4, 0.5) is 10.1 Å². The monoisotopic (exact) mass is 474 g/mol. The van der Waals surface area contributed by atoms with E-state index >= 15 is 0 Å². The molecule has 1 aliphatic rings. The molecular formula is C20H21Cl2FN2O4S. The minimum atomic E-state index is -3.82. The third-order valence-electron chi connectivity index (χ3n) is 4.84. The predicted molar refractivity (Wildman–Crippen MR) is 114 cm³/mol. The molecule has 10 heteroatoms. The molecule has 162 valence electrons. The van der Waals surface area contributed by atoms with E-state index in [2.05, 4.69) is 5.32 Å². The number of amides is 1. The van der Waals surface area contributed by atoms with Crippen LogP contribution in [-0.4, -0.2) is 38.3 Å². The van der Waals surface area contributed by atoms with E-state index < -0.39 is 15.8 Å². The van der Waals surface area contributed by atoms with Gasteiger partial charge in [0.05, 0.1) is 11.6 Å². The molecule has 1 amide bonds. The Bertz CT molecular complexity index is 1040. The van der Waals surface area contributed by atoms with Gasteiger partial charge in [-0.25, -0.2) is 12.8 Å². The highest BCUT2D eigenvalue weighted by molar-refractivity contribution is 7.89. The second kappa shape index (κ2) is 9.51. The van der Waals surface area contributed by atoms with Gasteiger partial charge in [0.1, 0.15) is 16.5 Å². The van der Waals surface area contributed by atoms with Crippen molar-refractivity contribution in [1.29, 1.82) is 0 Å². The maximum Gasteiger partial charge on any atom is 0.246 e. The maximum absolute atomic E-state index is 13.3. The van der Waals surface area contributed by atoms with Crippen LogP contribution in [0.5, 0.6) is 5.75 Å². The smallest absolute Gasteiger partial charge is 0.246 e. The first-order valence-electron chi connectivity index (χ1n) is 9.40. The lowest BCUT2D eigenvalue weighted by Gasteiger charge is -2.31. The molecule has 1 N–H and O–H groups in total. The molecule has 30 heavy (non-hydrogen) atoms. The fraction of sp³-hybridized carbons (Fsp3) is 0.350. The number of carbonyl (C=O) groups is 1. The molecule has 0 unspecified atom stereocenters. The van der Waals surface area contributed by atoms with Gasteiger partial charge >= 0.3 is 0 Å². The second-order valence-electron chi connectivity index (χ2n) is 6.82. The van der Waals surface area contributed by atoms with Crippen molar-refractivity contribution in [3.63, 3.8) is 0 Å². The number of benzene rings is 2. The SMILES string of the molecule is CCOc1ccc(Cl)cc1S(=O)(=O)N1CCC(C(=O)Nc2ccc(F)c(Cl)c2)CC1. The summed E-state index contributed by atoms with van der Waals surface area (Å²) in [6.07, 6.45) is 0.703.